The number of rotatable bonds is 3. The van der Waals surface area contributed by atoms with E-state index in [2.05, 4.69) is 21.2 Å². The van der Waals surface area contributed by atoms with Crippen molar-refractivity contribution in [1.82, 2.24) is 0 Å². The number of hydrogen-bond acceptors (Lipinski definition) is 2. The highest BCUT2D eigenvalue weighted by Crippen LogP contribution is 2.33. The number of anilines is 1. The van der Waals surface area contributed by atoms with Crippen molar-refractivity contribution in [2.75, 3.05) is 5.32 Å². The maximum absolute atomic E-state index is 13.6. The Hall–Kier alpha value is -1.50. The van der Waals surface area contributed by atoms with Gasteiger partial charge in [-0.05, 0) is 53.2 Å². The third-order valence-corrected chi connectivity index (χ3v) is 3.11. The Kier molecular flexibility index (Phi) is 4.08. The molecule has 0 aliphatic carbocycles. The summed E-state index contributed by atoms with van der Waals surface area (Å²) in [4.78, 5) is 0. The molecule has 1 atom stereocenters. The van der Waals surface area contributed by atoms with Gasteiger partial charge in [-0.15, -0.1) is 0 Å². The van der Waals surface area contributed by atoms with Crippen LogP contribution in [0.4, 0.5) is 23.2 Å². The van der Waals surface area contributed by atoms with Crippen molar-refractivity contribution in [3.05, 3.63) is 52.1 Å². The molecule has 20 heavy (non-hydrogen) atoms. The summed E-state index contributed by atoms with van der Waals surface area (Å²) in [5.74, 6) is -0.274. The van der Waals surface area contributed by atoms with Gasteiger partial charge in [-0.1, -0.05) is 0 Å². The van der Waals surface area contributed by atoms with Gasteiger partial charge in [0.25, 0.3) is 0 Å². The van der Waals surface area contributed by atoms with Crippen LogP contribution in [0.5, 0.6) is 0 Å². The minimum atomic E-state index is -4.51. The van der Waals surface area contributed by atoms with Crippen LogP contribution in [-0.4, -0.2) is 0 Å². The number of hydrogen-bond donors (Lipinski definition) is 1. The van der Waals surface area contributed by atoms with Crippen molar-refractivity contribution in [3.8, 4) is 0 Å². The van der Waals surface area contributed by atoms with Crippen LogP contribution >= 0.6 is 15.9 Å². The van der Waals surface area contributed by atoms with E-state index in [-0.39, 0.29) is 5.69 Å². The summed E-state index contributed by atoms with van der Waals surface area (Å²) in [6.07, 6.45) is -4.51. The first kappa shape index (κ1) is 14.9. The third-order valence-electron chi connectivity index (χ3n) is 2.69. The molecule has 0 aliphatic heterocycles. The third kappa shape index (κ3) is 3.33. The smallest absolute Gasteiger partial charge is 0.416 e. The summed E-state index contributed by atoms with van der Waals surface area (Å²) in [6.45, 7) is 1.66. The second-order valence-corrected chi connectivity index (χ2v) is 4.98. The largest absolute Gasteiger partial charge is 0.452 e. The van der Waals surface area contributed by atoms with Crippen LogP contribution in [0.15, 0.2) is 39.4 Å². The van der Waals surface area contributed by atoms with Crippen LogP contribution in [-0.2, 0) is 6.18 Å². The van der Waals surface area contributed by atoms with Gasteiger partial charge >= 0.3 is 6.18 Å². The molecule has 2 aromatic rings. The summed E-state index contributed by atoms with van der Waals surface area (Å²) < 4.78 is 57.1. The van der Waals surface area contributed by atoms with Gasteiger partial charge < -0.3 is 9.73 Å². The predicted octanol–water partition coefficient (Wildman–Crippen LogP) is 5.37. The Morgan fingerprint density at radius 2 is 1.90 bits per heavy atom. The molecule has 0 aliphatic rings. The molecule has 0 saturated carbocycles. The number of benzene rings is 1. The van der Waals surface area contributed by atoms with Gasteiger partial charge in [0.05, 0.1) is 17.3 Å². The lowest BCUT2D eigenvalue weighted by molar-refractivity contribution is -0.137. The average Bonchev–Trinajstić information content (AvgIpc) is 2.77. The molecule has 0 spiro atoms. The van der Waals surface area contributed by atoms with Gasteiger partial charge in [-0.2, -0.15) is 13.2 Å². The Balaban J connectivity index is 2.24. The highest BCUT2D eigenvalue weighted by atomic mass is 79.9. The summed E-state index contributed by atoms with van der Waals surface area (Å²) in [5, 5.41) is 2.66. The Labute approximate surface area is 120 Å². The van der Waals surface area contributed by atoms with Crippen LogP contribution < -0.4 is 5.32 Å². The SMILES string of the molecule is CC(Nc1cc(C(F)(F)F)ccc1F)c1ccc(Br)o1. The molecule has 2 rings (SSSR count). The first-order valence-electron chi connectivity index (χ1n) is 5.66. The van der Waals surface area contributed by atoms with E-state index in [1.807, 2.05) is 0 Å². The van der Waals surface area contributed by atoms with Crippen LogP contribution in [0.2, 0.25) is 0 Å². The molecule has 2 nitrogen and oxygen atoms in total. The quantitative estimate of drug-likeness (QED) is 0.751. The average molecular weight is 352 g/mol. The van der Waals surface area contributed by atoms with Crippen LogP contribution in [0.1, 0.15) is 24.3 Å². The lowest BCUT2D eigenvalue weighted by Crippen LogP contribution is -2.10. The zero-order valence-electron chi connectivity index (χ0n) is 10.3. The lowest BCUT2D eigenvalue weighted by Gasteiger charge is -2.15. The molecule has 7 heteroatoms. The van der Waals surface area contributed by atoms with Crippen LogP contribution in [0, 0.1) is 5.82 Å². The van der Waals surface area contributed by atoms with Crippen LogP contribution in [0.25, 0.3) is 0 Å². The van der Waals surface area contributed by atoms with E-state index in [4.69, 9.17) is 4.42 Å². The van der Waals surface area contributed by atoms with Gasteiger partial charge in [0.1, 0.15) is 11.6 Å². The highest BCUT2D eigenvalue weighted by Gasteiger charge is 2.31. The van der Waals surface area contributed by atoms with Gasteiger partial charge in [0.15, 0.2) is 4.67 Å². The number of furan rings is 1. The summed E-state index contributed by atoms with van der Waals surface area (Å²) in [6, 6.07) is 5.05. The normalized spacial score (nSPS) is 13.3. The van der Waals surface area contributed by atoms with Crippen molar-refractivity contribution >= 4 is 21.6 Å². The summed E-state index contributed by atoms with van der Waals surface area (Å²) in [7, 11) is 0. The molecule has 108 valence electrons. The first-order chi connectivity index (χ1) is 9.27. The molecule has 0 bridgehead atoms. The van der Waals surface area contributed by atoms with E-state index in [0.29, 0.717) is 16.5 Å². The maximum Gasteiger partial charge on any atom is 0.416 e. The highest BCUT2D eigenvalue weighted by molar-refractivity contribution is 9.10. The molecule has 0 amide bonds. The minimum Gasteiger partial charge on any atom is -0.452 e. The molecular weight excluding hydrogens is 342 g/mol. The Bertz CT molecular complexity index is 609. The minimum absolute atomic E-state index is 0.222. The second kappa shape index (κ2) is 5.47. The Morgan fingerprint density at radius 3 is 2.45 bits per heavy atom. The summed E-state index contributed by atoms with van der Waals surface area (Å²) in [5.41, 5.74) is -1.13. The zero-order chi connectivity index (χ0) is 14.9. The predicted molar refractivity (Wildman–Crippen MR) is 69.8 cm³/mol. The fraction of sp³-hybridized carbons (Fsp3) is 0.231. The number of nitrogens with one attached hydrogen (secondary N) is 1. The van der Waals surface area contributed by atoms with Crippen molar-refractivity contribution in [3.63, 3.8) is 0 Å². The topological polar surface area (TPSA) is 25.2 Å². The summed E-state index contributed by atoms with van der Waals surface area (Å²) >= 11 is 3.12. The fourth-order valence-electron chi connectivity index (χ4n) is 1.68. The van der Waals surface area contributed by atoms with Gasteiger partial charge in [-0.3, -0.25) is 0 Å². The molecule has 0 radical (unpaired) electrons. The van der Waals surface area contributed by atoms with E-state index in [0.717, 1.165) is 12.1 Å². The zero-order valence-corrected chi connectivity index (χ0v) is 11.8. The van der Waals surface area contributed by atoms with E-state index in [1.165, 1.54) is 0 Å². The number of halogens is 5. The standard InChI is InChI=1S/C13H10BrF4NO/c1-7(11-4-5-12(14)20-11)19-10-6-8(13(16,17)18)2-3-9(10)15/h2-7,19H,1H3. The molecule has 1 N–H and O–H groups in total. The van der Waals surface area contributed by atoms with Crippen molar-refractivity contribution in [2.24, 2.45) is 0 Å². The van der Waals surface area contributed by atoms with E-state index < -0.39 is 23.6 Å². The molecule has 1 unspecified atom stereocenters. The molecule has 1 aromatic carbocycles. The van der Waals surface area contributed by atoms with Crippen molar-refractivity contribution in [2.45, 2.75) is 19.1 Å². The molecule has 0 saturated heterocycles. The first-order valence-corrected chi connectivity index (χ1v) is 6.45. The molecular formula is C13H10BrF4NO. The van der Waals surface area contributed by atoms with Crippen LogP contribution in [0.3, 0.4) is 0 Å². The van der Waals surface area contributed by atoms with Crippen molar-refractivity contribution in [1.29, 1.82) is 0 Å². The van der Waals surface area contributed by atoms with Gasteiger partial charge in [-0.25, -0.2) is 4.39 Å². The van der Waals surface area contributed by atoms with E-state index in [9.17, 15) is 17.6 Å². The Morgan fingerprint density at radius 1 is 1.20 bits per heavy atom. The van der Waals surface area contributed by atoms with Gasteiger partial charge in [0, 0.05) is 0 Å². The monoisotopic (exact) mass is 351 g/mol. The van der Waals surface area contributed by atoms with E-state index >= 15 is 0 Å². The molecule has 1 aromatic heterocycles. The van der Waals surface area contributed by atoms with Gasteiger partial charge in [0.2, 0.25) is 0 Å². The number of alkyl halides is 3. The molecule has 1 heterocycles. The van der Waals surface area contributed by atoms with Crippen molar-refractivity contribution < 1.29 is 22.0 Å². The fourth-order valence-corrected chi connectivity index (χ4v) is 2.00. The maximum atomic E-state index is 13.6. The second-order valence-electron chi connectivity index (χ2n) is 4.20. The molecule has 0 fully saturated rings. The lowest BCUT2D eigenvalue weighted by atomic mass is 10.1. The van der Waals surface area contributed by atoms with E-state index in [1.54, 1.807) is 19.1 Å².